The van der Waals surface area contributed by atoms with Crippen LogP contribution in [0.25, 0.3) is 0 Å². The summed E-state index contributed by atoms with van der Waals surface area (Å²) in [6.45, 7) is 8.18. The summed E-state index contributed by atoms with van der Waals surface area (Å²) in [5.74, 6) is 0. The molecule has 0 aliphatic carbocycles. The highest BCUT2D eigenvalue weighted by Crippen LogP contribution is 2.23. The molecule has 1 fully saturated rings. The molecule has 0 aromatic carbocycles. The molecule has 0 radical (unpaired) electrons. The normalized spacial score (nSPS) is 36.0. The minimum Gasteiger partial charge on any atom is -0.388 e. The van der Waals surface area contributed by atoms with Gasteiger partial charge in [0.05, 0.1) is 11.6 Å². The molecule has 1 aliphatic heterocycles. The van der Waals surface area contributed by atoms with Crippen LogP contribution < -0.4 is 5.32 Å². The molecule has 1 heterocycles. The van der Waals surface area contributed by atoms with Gasteiger partial charge in [0.1, 0.15) is 0 Å². The van der Waals surface area contributed by atoms with E-state index in [-0.39, 0.29) is 6.04 Å². The molecule has 0 saturated carbocycles. The van der Waals surface area contributed by atoms with Gasteiger partial charge < -0.3 is 10.4 Å². The molecule has 3 heteroatoms. The fourth-order valence-corrected chi connectivity index (χ4v) is 2.14. The van der Waals surface area contributed by atoms with Gasteiger partial charge in [-0.25, -0.2) is 0 Å². The summed E-state index contributed by atoms with van der Waals surface area (Å²) in [5.41, 5.74) is -0.538. The van der Waals surface area contributed by atoms with E-state index in [1.54, 1.807) is 0 Å². The van der Waals surface area contributed by atoms with E-state index in [0.717, 1.165) is 25.9 Å². The smallest absolute Gasteiger partial charge is 0.0798 e. The molecule has 0 aromatic heterocycles. The molecule has 14 heavy (non-hydrogen) atoms. The monoisotopic (exact) mass is 200 g/mol. The van der Waals surface area contributed by atoms with Gasteiger partial charge >= 0.3 is 0 Å². The number of aliphatic hydroxyl groups is 1. The van der Waals surface area contributed by atoms with Crippen LogP contribution in [0, 0.1) is 0 Å². The average Bonchev–Trinajstić information content (AvgIpc) is 2.15. The lowest BCUT2D eigenvalue weighted by Crippen LogP contribution is -2.60. The number of likely N-dealkylation sites (N-methyl/N-ethyl adjacent to an activating group) is 1. The van der Waals surface area contributed by atoms with Gasteiger partial charge in [0.2, 0.25) is 0 Å². The second-order valence-electron chi connectivity index (χ2n) is 4.75. The maximum absolute atomic E-state index is 10.3. The molecule has 0 spiro atoms. The van der Waals surface area contributed by atoms with Gasteiger partial charge in [-0.3, -0.25) is 4.90 Å². The average molecular weight is 200 g/mol. The number of hydrogen-bond acceptors (Lipinski definition) is 3. The van der Waals surface area contributed by atoms with Crippen LogP contribution in [0.3, 0.4) is 0 Å². The SMILES string of the molecule is CCC(C)N(C)C1CNCCC1(C)O. The third-order valence-electron chi connectivity index (χ3n) is 3.64. The molecule has 3 atom stereocenters. The van der Waals surface area contributed by atoms with Crippen LogP contribution >= 0.6 is 0 Å². The summed E-state index contributed by atoms with van der Waals surface area (Å²) in [6.07, 6.45) is 1.97. The Bertz CT molecular complexity index is 182. The molecule has 1 rings (SSSR count). The summed E-state index contributed by atoms with van der Waals surface area (Å²) >= 11 is 0. The summed E-state index contributed by atoms with van der Waals surface area (Å²) in [7, 11) is 2.11. The lowest BCUT2D eigenvalue weighted by atomic mass is 9.87. The van der Waals surface area contributed by atoms with Gasteiger partial charge in [-0.1, -0.05) is 6.92 Å². The van der Waals surface area contributed by atoms with Gasteiger partial charge in [0.25, 0.3) is 0 Å². The summed E-state index contributed by atoms with van der Waals surface area (Å²) < 4.78 is 0. The van der Waals surface area contributed by atoms with Crippen LogP contribution in [0.1, 0.15) is 33.6 Å². The lowest BCUT2D eigenvalue weighted by molar-refractivity contribution is -0.0554. The van der Waals surface area contributed by atoms with Crippen molar-refractivity contribution in [3.63, 3.8) is 0 Å². The van der Waals surface area contributed by atoms with E-state index in [1.165, 1.54) is 0 Å². The first-order valence-corrected chi connectivity index (χ1v) is 5.64. The van der Waals surface area contributed by atoms with Crippen molar-refractivity contribution in [1.82, 2.24) is 10.2 Å². The van der Waals surface area contributed by atoms with Crippen LogP contribution in [-0.4, -0.2) is 47.8 Å². The van der Waals surface area contributed by atoms with Crippen molar-refractivity contribution < 1.29 is 5.11 Å². The van der Waals surface area contributed by atoms with Gasteiger partial charge in [-0.05, 0) is 40.3 Å². The first-order valence-electron chi connectivity index (χ1n) is 5.64. The Kier molecular flexibility index (Phi) is 3.93. The Balaban J connectivity index is 2.64. The van der Waals surface area contributed by atoms with E-state index >= 15 is 0 Å². The maximum Gasteiger partial charge on any atom is 0.0798 e. The van der Waals surface area contributed by atoms with E-state index in [0.29, 0.717) is 6.04 Å². The van der Waals surface area contributed by atoms with Crippen molar-refractivity contribution in [3.8, 4) is 0 Å². The predicted octanol–water partition coefficient (Wildman–Crippen LogP) is 0.830. The zero-order valence-electron chi connectivity index (χ0n) is 9.88. The second-order valence-corrected chi connectivity index (χ2v) is 4.75. The summed E-state index contributed by atoms with van der Waals surface area (Å²) in [5, 5.41) is 13.6. The van der Waals surface area contributed by atoms with Crippen molar-refractivity contribution in [2.24, 2.45) is 0 Å². The van der Waals surface area contributed by atoms with Crippen molar-refractivity contribution in [1.29, 1.82) is 0 Å². The maximum atomic E-state index is 10.3. The number of rotatable bonds is 3. The van der Waals surface area contributed by atoms with Crippen molar-refractivity contribution in [2.75, 3.05) is 20.1 Å². The van der Waals surface area contributed by atoms with E-state index in [4.69, 9.17) is 0 Å². The first-order chi connectivity index (χ1) is 6.49. The van der Waals surface area contributed by atoms with Crippen LogP contribution in [-0.2, 0) is 0 Å². The minimum absolute atomic E-state index is 0.242. The molecule has 0 bridgehead atoms. The van der Waals surface area contributed by atoms with E-state index in [1.807, 2.05) is 6.92 Å². The number of hydrogen-bond donors (Lipinski definition) is 2. The molecular weight excluding hydrogens is 176 g/mol. The van der Waals surface area contributed by atoms with Crippen LogP contribution in [0.5, 0.6) is 0 Å². The fraction of sp³-hybridized carbons (Fsp3) is 1.00. The molecular formula is C11H24N2O. The van der Waals surface area contributed by atoms with E-state index < -0.39 is 5.60 Å². The molecule has 1 aliphatic rings. The number of piperidine rings is 1. The van der Waals surface area contributed by atoms with Crippen LogP contribution in [0.4, 0.5) is 0 Å². The summed E-state index contributed by atoms with van der Waals surface area (Å²) in [6, 6.07) is 0.776. The Morgan fingerprint density at radius 1 is 1.64 bits per heavy atom. The zero-order valence-corrected chi connectivity index (χ0v) is 9.88. The molecule has 3 nitrogen and oxygen atoms in total. The number of nitrogens with one attached hydrogen (secondary N) is 1. The molecule has 1 saturated heterocycles. The number of nitrogens with zero attached hydrogens (tertiary/aromatic N) is 1. The largest absolute Gasteiger partial charge is 0.388 e. The van der Waals surface area contributed by atoms with E-state index in [9.17, 15) is 5.11 Å². The topological polar surface area (TPSA) is 35.5 Å². The van der Waals surface area contributed by atoms with Gasteiger partial charge in [0.15, 0.2) is 0 Å². The van der Waals surface area contributed by atoms with Gasteiger partial charge in [0, 0.05) is 12.6 Å². The standard InChI is InChI=1S/C11H24N2O/c1-5-9(2)13(4)10-8-12-7-6-11(10,3)14/h9-10,12,14H,5-8H2,1-4H3. The molecule has 3 unspecified atom stereocenters. The third-order valence-corrected chi connectivity index (χ3v) is 3.64. The van der Waals surface area contributed by atoms with Crippen LogP contribution in [0.15, 0.2) is 0 Å². The third kappa shape index (κ3) is 2.47. The van der Waals surface area contributed by atoms with E-state index in [2.05, 4.69) is 31.1 Å². The predicted molar refractivity (Wildman–Crippen MR) is 59.4 cm³/mol. The van der Waals surface area contributed by atoms with Gasteiger partial charge in [-0.2, -0.15) is 0 Å². The quantitative estimate of drug-likeness (QED) is 0.708. The van der Waals surface area contributed by atoms with Crippen molar-refractivity contribution >= 4 is 0 Å². The molecule has 0 amide bonds. The first kappa shape index (κ1) is 12.0. The van der Waals surface area contributed by atoms with Crippen molar-refractivity contribution in [3.05, 3.63) is 0 Å². The molecule has 0 aromatic rings. The highest BCUT2D eigenvalue weighted by Gasteiger charge is 2.37. The molecule has 84 valence electrons. The Labute approximate surface area is 87.5 Å². The van der Waals surface area contributed by atoms with Crippen molar-refractivity contribution in [2.45, 2.75) is 51.3 Å². The Hall–Kier alpha value is -0.120. The lowest BCUT2D eigenvalue weighted by Gasteiger charge is -2.44. The Morgan fingerprint density at radius 2 is 2.29 bits per heavy atom. The minimum atomic E-state index is -0.538. The van der Waals surface area contributed by atoms with Gasteiger partial charge in [-0.15, -0.1) is 0 Å². The Morgan fingerprint density at radius 3 is 2.79 bits per heavy atom. The zero-order chi connectivity index (χ0) is 10.8. The second kappa shape index (κ2) is 4.60. The molecule has 2 N–H and O–H groups in total. The van der Waals surface area contributed by atoms with Crippen LogP contribution in [0.2, 0.25) is 0 Å². The highest BCUT2D eigenvalue weighted by molar-refractivity contribution is 4.95. The fourth-order valence-electron chi connectivity index (χ4n) is 2.14. The summed E-state index contributed by atoms with van der Waals surface area (Å²) in [4.78, 5) is 2.30. The highest BCUT2D eigenvalue weighted by atomic mass is 16.3.